The number of esters is 1. The minimum atomic E-state index is -0.459. The van der Waals surface area contributed by atoms with Crippen LogP contribution in [0.25, 0.3) is 0 Å². The van der Waals surface area contributed by atoms with Gasteiger partial charge in [0.15, 0.2) is 0 Å². The Hall–Kier alpha value is -1.50. The molecule has 0 aliphatic carbocycles. The molecule has 2 aliphatic heterocycles. The van der Waals surface area contributed by atoms with Crippen LogP contribution < -0.4 is 15.8 Å². The number of piperidine rings is 1. The monoisotopic (exact) mass is 354 g/mol. The van der Waals surface area contributed by atoms with Crippen molar-refractivity contribution in [1.29, 1.82) is 0 Å². The van der Waals surface area contributed by atoms with Gasteiger partial charge in [0.05, 0.1) is 10.7 Å². The molecule has 2 heterocycles. The van der Waals surface area contributed by atoms with Gasteiger partial charge in [-0.25, -0.2) is 4.79 Å². The summed E-state index contributed by atoms with van der Waals surface area (Å²) in [5, 5.41) is 3.56. The molecule has 0 aromatic heterocycles. The number of nitrogens with one attached hydrogen (secondary N) is 1. The van der Waals surface area contributed by atoms with E-state index in [2.05, 4.69) is 5.32 Å². The van der Waals surface area contributed by atoms with E-state index in [9.17, 15) is 4.79 Å². The maximum Gasteiger partial charge on any atom is 0.342 e. The first-order valence-corrected chi connectivity index (χ1v) is 8.44. The van der Waals surface area contributed by atoms with Crippen molar-refractivity contribution in [3.05, 3.63) is 22.2 Å². The quantitative estimate of drug-likeness (QED) is 0.639. The van der Waals surface area contributed by atoms with Crippen molar-refractivity contribution in [3.63, 3.8) is 0 Å². The van der Waals surface area contributed by atoms with Gasteiger partial charge in [-0.15, -0.1) is 0 Å². The van der Waals surface area contributed by atoms with Crippen molar-refractivity contribution >= 4 is 23.3 Å². The van der Waals surface area contributed by atoms with E-state index in [0.717, 1.165) is 12.1 Å². The van der Waals surface area contributed by atoms with Crippen LogP contribution in [0.2, 0.25) is 5.02 Å². The fourth-order valence-corrected chi connectivity index (χ4v) is 3.48. The summed E-state index contributed by atoms with van der Waals surface area (Å²) in [6.07, 6.45) is 0.826. The highest BCUT2D eigenvalue weighted by Crippen LogP contribution is 2.44. The summed E-state index contributed by atoms with van der Waals surface area (Å²) in [7, 11) is 1.61. The summed E-state index contributed by atoms with van der Waals surface area (Å²) in [6.45, 7) is 5.33. The van der Waals surface area contributed by atoms with Gasteiger partial charge in [-0.1, -0.05) is 11.6 Å². The van der Waals surface area contributed by atoms with Gasteiger partial charge in [0, 0.05) is 25.6 Å². The summed E-state index contributed by atoms with van der Waals surface area (Å²) in [5.74, 6) is 0.0228. The second-order valence-corrected chi connectivity index (χ2v) is 7.28. The number of halogens is 1. The summed E-state index contributed by atoms with van der Waals surface area (Å²) in [6, 6.07) is 1.53. The van der Waals surface area contributed by atoms with Crippen LogP contribution in [0.5, 0.6) is 5.75 Å². The molecule has 6 nitrogen and oxygen atoms in total. The van der Waals surface area contributed by atoms with Gasteiger partial charge in [0.2, 0.25) is 0 Å². The van der Waals surface area contributed by atoms with Crippen LogP contribution in [-0.2, 0) is 15.9 Å². The van der Waals surface area contributed by atoms with Gasteiger partial charge < -0.3 is 25.3 Å². The molecular formula is C17H23ClN2O4. The first-order valence-electron chi connectivity index (χ1n) is 8.07. The molecule has 0 radical (unpaired) electrons. The number of anilines is 1. The molecule has 0 spiro atoms. The number of carbonyl (C=O) groups excluding carboxylic acids is 1. The number of hydrogen-bond acceptors (Lipinski definition) is 6. The first kappa shape index (κ1) is 17.3. The van der Waals surface area contributed by atoms with Gasteiger partial charge in [0.25, 0.3) is 0 Å². The van der Waals surface area contributed by atoms with Crippen molar-refractivity contribution in [2.45, 2.75) is 44.5 Å². The molecule has 132 valence electrons. The van der Waals surface area contributed by atoms with E-state index in [1.165, 1.54) is 6.07 Å². The molecular weight excluding hydrogens is 332 g/mol. The summed E-state index contributed by atoms with van der Waals surface area (Å²) in [4.78, 5) is 12.7. The predicted octanol–water partition coefficient (Wildman–Crippen LogP) is 2.17. The average molecular weight is 355 g/mol. The third-order valence-corrected chi connectivity index (χ3v) is 4.81. The van der Waals surface area contributed by atoms with Gasteiger partial charge >= 0.3 is 5.97 Å². The number of nitrogen functional groups attached to an aromatic ring is 1. The van der Waals surface area contributed by atoms with Gasteiger partial charge in [-0.3, -0.25) is 0 Å². The molecule has 24 heavy (non-hydrogen) atoms. The summed E-state index contributed by atoms with van der Waals surface area (Å²) < 4.78 is 17.0. The normalized spacial score (nSPS) is 25.0. The highest BCUT2D eigenvalue weighted by Gasteiger charge is 2.37. The Morgan fingerprint density at radius 1 is 1.46 bits per heavy atom. The van der Waals surface area contributed by atoms with E-state index < -0.39 is 11.6 Å². The maximum absolute atomic E-state index is 12.7. The molecule has 2 atom stereocenters. The zero-order valence-electron chi connectivity index (χ0n) is 14.1. The minimum absolute atomic E-state index is 0.169. The fourth-order valence-electron chi connectivity index (χ4n) is 3.26. The van der Waals surface area contributed by atoms with E-state index in [-0.39, 0.29) is 12.2 Å². The van der Waals surface area contributed by atoms with Crippen molar-refractivity contribution in [2.75, 3.05) is 25.9 Å². The van der Waals surface area contributed by atoms with Crippen molar-refractivity contribution in [1.82, 2.24) is 5.32 Å². The molecule has 1 aromatic rings. The van der Waals surface area contributed by atoms with Crippen LogP contribution in [0.1, 0.15) is 36.2 Å². The summed E-state index contributed by atoms with van der Waals surface area (Å²) >= 11 is 6.21. The topological polar surface area (TPSA) is 82.8 Å². The molecule has 1 saturated heterocycles. The van der Waals surface area contributed by atoms with Crippen LogP contribution in [0.3, 0.4) is 0 Å². The SMILES string of the molecule is COC1CNCCC1OC(=O)c1cc(Cl)c(N)c2c1OC(C)(C)C2. The van der Waals surface area contributed by atoms with Crippen LogP contribution in [0.4, 0.5) is 5.69 Å². The van der Waals surface area contributed by atoms with E-state index in [4.69, 9.17) is 31.5 Å². The lowest BCUT2D eigenvalue weighted by Crippen LogP contribution is -2.47. The molecule has 2 aliphatic rings. The Morgan fingerprint density at radius 2 is 2.21 bits per heavy atom. The third kappa shape index (κ3) is 3.18. The first-order chi connectivity index (χ1) is 11.3. The lowest BCUT2D eigenvalue weighted by molar-refractivity contribution is -0.0476. The average Bonchev–Trinajstić information content (AvgIpc) is 2.87. The summed E-state index contributed by atoms with van der Waals surface area (Å²) in [5.41, 5.74) is 7.19. The molecule has 7 heteroatoms. The largest absolute Gasteiger partial charge is 0.486 e. The Labute approximate surface area is 146 Å². The number of rotatable bonds is 3. The van der Waals surface area contributed by atoms with Crippen LogP contribution >= 0.6 is 11.6 Å². The Bertz CT molecular complexity index is 662. The predicted molar refractivity (Wildman–Crippen MR) is 91.8 cm³/mol. The minimum Gasteiger partial charge on any atom is -0.486 e. The van der Waals surface area contributed by atoms with E-state index >= 15 is 0 Å². The highest BCUT2D eigenvalue weighted by molar-refractivity contribution is 6.33. The fraction of sp³-hybridized carbons (Fsp3) is 0.588. The van der Waals surface area contributed by atoms with Crippen LogP contribution in [0, 0.1) is 0 Å². The van der Waals surface area contributed by atoms with E-state index in [1.807, 2.05) is 13.8 Å². The molecule has 1 fully saturated rings. The number of fused-ring (bicyclic) bond motifs is 1. The molecule has 0 saturated carbocycles. The van der Waals surface area contributed by atoms with Crippen LogP contribution in [-0.4, -0.2) is 44.0 Å². The third-order valence-electron chi connectivity index (χ3n) is 4.50. The van der Waals surface area contributed by atoms with Crippen LogP contribution in [0.15, 0.2) is 6.07 Å². The molecule has 0 bridgehead atoms. The number of nitrogens with two attached hydrogens (primary N) is 1. The second kappa shape index (κ2) is 6.43. The van der Waals surface area contributed by atoms with E-state index in [1.54, 1.807) is 7.11 Å². The zero-order chi connectivity index (χ0) is 17.5. The molecule has 2 unspecified atom stereocenters. The molecule has 1 aromatic carbocycles. The highest BCUT2D eigenvalue weighted by atomic mass is 35.5. The van der Waals surface area contributed by atoms with Crippen molar-refractivity contribution in [3.8, 4) is 5.75 Å². The van der Waals surface area contributed by atoms with Gasteiger partial charge in [-0.2, -0.15) is 0 Å². The molecule has 0 amide bonds. The molecule has 3 N–H and O–H groups in total. The number of methoxy groups -OCH3 is 1. The maximum atomic E-state index is 12.7. The second-order valence-electron chi connectivity index (χ2n) is 6.88. The van der Waals surface area contributed by atoms with E-state index in [0.29, 0.717) is 41.4 Å². The van der Waals surface area contributed by atoms with Crippen molar-refractivity contribution in [2.24, 2.45) is 0 Å². The number of hydrogen-bond donors (Lipinski definition) is 2. The lowest BCUT2D eigenvalue weighted by Gasteiger charge is -2.30. The van der Waals surface area contributed by atoms with Gasteiger partial charge in [-0.05, 0) is 32.9 Å². The zero-order valence-corrected chi connectivity index (χ0v) is 14.9. The smallest absolute Gasteiger partial charge is 0.342 e. The number of ether oxygens (including phenoxy) is 3. The van der Waals surface area contributed by atoms with Crippen molar-refractivity contribution < 1.29 is 19.0 Å². The standard InChI is InChI=1S/C17H23ClN2O4/c1-17(2)7-10-14(19)11(18)6-9(15(10)24-17)16(21)23-12-4-5-20-8-13(12)22-3/h6,12-13,20H,4-5,7-8,19H2,1-3H3. The number of benzene rings is 1. The number of carbonyl (C=O) groups is 1. The molecule has 3 rings (SSSR count). The Morgan fingerprint density at radius 3 is 2.92 bits per heavy atom. The lowest BCUT2D eigenvalue weighted by atomic mass is 9.98. The van der Waals surface area contributed by atoms with Gasteiger partial charge in [0.1, 0.15) is 29.1 Å². The Kier molecular flexibility index (Phi) is 4.64. The Balaban J connectivity index is 1.88.